The lowest BCUT2D eigenvalue weighted by atomic mass is 10.1. The standard InChI is InChI=1S/C23H23ClN4O3/c1-26-20-9-3-2-8-18(20)19(15-21(26)29)22(30)27-10-5-11-28(13-12-27)23(31)25-17-7-4-6-16(24)14-17/h2-4,6-9,14-15H,5,10-13H2,1H3,(H,25,31). The minimum Gasteiger partial charge on any atom is -0.337 e. The summed E-state index contributed by atoms with van der Waals surface area (Å²) in [6.07, 6.45) is 0.650. The smallest absolute Gasteiger partial charge is 0.321 e. The summed E-state index contributed by atoms with van der Waals surface area (Å²) in [7, 11) is 1.70. The maximum absolute atomic E-state index is 13.3. The highest BCUT2D eigenvalue weighted by Crippen LogP contribution is 2.20. The average Bonchev–Trinajstić information content (AvgIpc) is 3.02. The van der Waals surface area contributed by atoms with E-state index in [1.54, 1.807) is 41.1 Å². The molecule has 3 aromatic rings. The highest BCUT2D eigenvalue weighted by molar-refractivity contribution is 6.30. The molecule has 7 nitrogen and oxygen atoms in total. The lowest BCUT2D eigenvalue weighted by Crippen LogP contribution is -2.39. The van der Waals surface area contributed by atoms with E-state index < -0.39 is 0 Å². The molecule has 1 saturated heterocycles. The van der Waals surface area contributed by atoms with Crippen molar-refractivity contribution in [3.63, 3.8) is 0 Å². The van der Waals surface area contributed by atoms with Crippen molar-refractivity contribution in [2.75, 3.05) is 31.5 Å². The van der Waals surface area contributed by atoms with Crippen LogP contribution in [0.1, 0.15) is 16.8 Å². The summed E-state index contributed by atoms with van der Waals surface area (Å²) in [5.74, 6) is -0.189. The summed E-state index contributed by atoms with van der Waals surface area (Å²) in [6, 6.07) is 15.5. The number of benzene rings is 2. The van der Waals surface area contributed by atoms with Gasteiger partial charge in [0.25, 0.3) is 11.5 Å². The van der Waals surface area contributed by atoms with Crippen LogP contribution in [0.4, 0.5) is 10.5 Å². The molecule has 31 heavy (non-hydrogen) atoms. The first-order chi connectivity index (χ1) is 14.9. The number of aryl methyl sites for hydroxylation is 1. The van der Waals surface area contributed by atoms with Gasteiger partial charge in [-0.25, -0.2) is 4.79 Å². The Kier molecular flexibility index (Phi) is 5.95. The van der Waals surface area contributed by atoms with Gasteiger partial charge in [-0.2, -0.15) is 0 Å². The first kappa shape index (κ1) is 20.9. The number of urea groups is 1. The number of aromatic nitrogens is 1. The van der Waals surface area contributed by atoms with Crippen LogP contribution in [-0.4, -0.2) is 52.5 Å². The van der Waals surface area contributed by atoms with Gasteiger partial charge < -0.3 is 19.7 Å². The number of para-hydroxylation sites is 1. The van der Waals surface area contributed by atoms with Crippen molar-refractivity contribution in [1.29, 1.82) is 0 Å². The molecule has 2 aromatic carbocycles. The summed E-state index contributed by atoms with van der Waals surface area (Å²) in [5, 5.41) is 4.14. The second kappa shape index (κ2) is 8.81. The summed E-state index contributed by atoms with van der Waals surface area (Å²) >= 11 is 5.98. The van der Waals surface area contributed by atoms with Gasteiger partial charge in [0.05, 0.1) is 11.1 Å². The van der Waals surface area contributed by atoms with E-state index in [4.69, 9.17) is 11.6 Å². The molecule has 0 unspecified atom stereocenters. The van der Waals surface area contributed by atoms with Crippen LogP contribution in [0, 0.1) is 0 Å². The number of hydrogen-bond donors (Lipinski definition) is 1. The van der Waals surface area contributed by atoms with Gasteiger partial charge in [0.1, 0.15) is 0 Å². The van der Waals surface area contributed by atoms with Gasteiger partial charge in [-0.3, -0.25) is 9.59 Å². The van der Waals surface area contributed by atoms with E-state index >= 15 is 0 Å². The lowest BCUT2D eigenvalue weighted by Gasteiger charge is -2.23. The maximum atomic E-state index is 13.3. The van der Waals surface area contributed by atoms with E-state index in [1.165, 1.54) is 10.6 Å². The SMILES string of the molecule is Cn1c(=O)cc(C(=O)N2CCCN(C(=O)Nc3cccc(Cl)c3)CC2)c2ccccc21. The van der Waals surface area contributed by atoms with Crippen LogP contribution in [0.3, 0.4) is 0 Å². The minimum absolute atomic E-state index is 0.189. The molecule has 2 heterocycles. The summed E-state index contributed by atoms with van der Waals surface area (Å²) in [6.45, 7) is 1.85. The third-order valence-corrected chi connectivity index (χ3v) is 5.77. The molecule has 0 radical (unpaired) electrons. The van der Waals surface area contributed by atoms with Gasteiger partial charge in [-0.05, 0) is 30.7 Å². The van der Waals surface area contributed by atoms with Crippen LogP contribution in [0.5, 0.6) is 0 Å². The Bertz CT molecular complexity index is 1210. The fourth-order valence-electron chi connectivity index (χ4n) is 3.85. The monoisotopic (exact) mass is 438 g/mol. The van der Waals surface area contributed by atoms with E-state index in [-0.39, 0.29) is 17.5 Å². The number of hydrogen-bond acceptors (Lipinski definition) is 3. The molecule has 1 aromatic heterocycles. The molecule has 1 fully saturated rings. The molecule has 0 atom stereocenters. The number of carbonyl (C=O) groups excluding carboxylic acids is 2. The van der Waals surface area contributed by atoms with Gasteiger partial charge in [0.15, 0.2) is 0 Å². The van der Waals surface area contributed by atoms with Crippen molar-refractivity contribution in [2.24, 2.45) is 7.05 Å². The van der Waals surface area contributed by atoms with Crippen molar-refractivity contribution < 1.29 is 9.59 Å². The zero-order valence-electron chi connectivity index (χ0n) is 17.2. The van der Waals surface area contributed by atoms with Crippen LogP contribution < -0.4 is 10.9 Å². The zero-order chi connectivity index (χ0) is 22.0. The van der Waals surface area contributed by atoms with E-state index in [1.807, 2.05) is 24.3 Å². The first-order valence-electron chi connectivity index (χ1n) is 10.1. The van der Waals surface area contributed by atoms with Gasteiger partial charge in [-0.1, -0.05) is 35.9 Å². The molecule has 1 aliphatic rings. The van der Waals surface area contributed by atoms with E-state index in [2.05, 4.69) is 5.32 Å². The number of nitrogens with one attached hydrogen (secondary N) is 1. The van der Waals surface area contributed by atoms with Gasteiger partial charge in [-0.15, -0.1) is 0 Å². The quantitative estimate of drug-likeness (QED) is 0.664. The zero-order valence-corrected chi connectivity index (χ0v) is 17.9. The molecule has 1 N–H and O–H groups in total. The molecule has 0 bridgehead atoms. The Morgan fingerprint density at radius 3 is 2.48 bits per heavy atom. The van der Waals surface area contributed by atoms with Crippen molar-refractivity contribution in [3.8, 4) is 0 Å². The van der Waals surface area contributed by atoms with E-state index in [0.29, 0.717) is 48.9 Å². The van der Waals surface area contributed by atoms with Crippen LogP contribution in [0.15, 0.2) is 59.4 Å². The number of nitrogens with zero attached hydrogens (tertiary/aromatic N) is 3. The van der Waals surface area contributed by atoms with Crippen molar-refractivity contribution in [2.45, 2.75) is 6.42 Å². The Morgan fingerprint density at radius 2 is 1.68 bits per heavy atom. The van der Waals surface area contributed by atoms with Crippen LogP contribution in [0.25, 0.3) is 10.9 Å². The number of fused-ring (bicyclic) bond motifs is 1. The molecule has 1 aliphatic heterocycles. The first-order valence-corrected chi connectivity index (χ1v) is 10.5. The molecule has 8 heteroatoms. The molecular formula is C23H23ClN4O3. The third-order valence-electron chi connectivity index (χ3n) is 5.53. The summed E-state index contributed by atoms with van der Waals surface area (Å²) in [4.78, 5) is 41.7. The number of rotatable bonds is 2. The molecular weight excluding hydrogens is 416 g/mol. The molecule has 3 amide bonds. The molecule has 0 aliphatic carbocycles. The minimum atomic E-state index is -0.226. The van der Waals surface area contributed by atoms with Crippen molar-refractivity contribution >= 4 is 40.1 Å². The normalized spacial score (nSPS) is 14.4. The van der Waals surface area contributed by atoms with E-state index in [9.17, 15) is 14.4 Å². The number of halogens is 1. The van der Waals surface area contributed by atoms with Crippen molar-refractivity contribution in [3.05, 3.63) is 75.5 Å². The van der Waals surface area contributed by atoms with Gasteiger partial charge >= 0.3 is 6.03 Å². The predicted octanol–water partition coefficient (Wildman–Crippen LogP) is 3.57. The second-order valence-corrected chi connectivity index (χ2v) is 7.98. The van der Waals surface area contributed by atoms with Crippen LogP contribution in [-0.2, 0) is 7.05 Å². The highest BCUT2D eigenvalue weighted by atomic mass is 35.5. The second-order valence-electron chi connectivity index (χ2n) is 7.55. The Balaban J connectivity index is 1.50. The van der Waals surface area contributed by atoms with Crippen molar-refractivity contribution in [1.82, 2.24) is 14.4 Å². The molecule has 4 rings (SSSR count). The fraction of sp³-hybridized carbons (Fsp3) is 0.261. The summed E-state index contributed by atoms with van der Waals surface area (Å²) in [5.41, 5.74) is 1.52. The van der Waals surface area contributed by atoms with Crippen LogP contribution in [0.2, 0.25) is 5.02 Å². The van der Waals surface area contributed by atoms with Gasteiger partial charge in [0, 0.05) is 55.4 Å². The molecule has 0 saturated carbocycles. The predicted molar refractivity (Wildman–Crippen MR) is 122 cm³/mol. The van der Waals surface area contributed by atoms with Gasteiger partial charge in [0.2, 0.25) is 0 Å². The topological polar surface area (TPSA) is 74.7 Å². The number of pyridine rings is 1. The maximum Gasteiger partial charge on any atom is 0.321 e. The van der Waals surface area contributed by atoms with Crippen LogP contribution >= 0.6 is 11.6 Å². The fourth-order valence-corrected chi connectivity index (χ4v) is 4.04. The molecule has 0 spiro atoms. The third kappa shape index (κ3) is 4.41. The largest absolute Gasteiger partial charge is 0.337 e. The average molecular weight is 439 g/mol. The Morgan fingerprint density at radius 1 is 0.935 bits per heavy atom. The highest BCUT2D eigenvalue weighted by Gasteiger charge is 2.24. The number of anilines is 1. The van der Waals surface area contributed by atoms with E-state index in [0.717, 1.165) is 10.9 Å². The Labute approximate surface area is 184 Å². The number of carbonyl (C=O) groups is 2. The lowest BCUT2D eigenvalue weighted by molar-refractivity contribution is 0.0764. The molecule has 160 valence electrons. The Hall–Kier alpha value is -3.32. The summed E-state index contributed by atoms with van der Waals surface area (Å²) < 4.78 is 1.54. The number of amides is 3.